The van der Waals surface area contributed by atoms with Crippen molar-refractivity contribution in [1.29, 1.82) is 0 Å². The largest absolute Gasteiger partial charge is 0.493 e. The highest BCUT2D eigenvalue weighted by Crippen LogP contribution is 2.39. The van der Waals surface area contributed by atoms with Crippen molar-refractivity contribution in [3.63, 3.8) is 0 Å². The van der Waals surface area contributed by atoms with Crippen LogP contribution < -0.4 is 9.47 Å². The molecule has 1 aromatic carbocycles. The lowest BCUT2D eigenvalue weighted by atomic mass is 10.1. The molecule has 0 saturated heterocycles. The quantitative estimate of drug-likeness (QED) is 0.631. The summed E-state index contributed by atoms with van der Waals surface area (Å²) in [6.45, 7) is 3.42. The number of hydrogen-bond acceptors (Lipinski definition) is 7. The third-order valence-corrected chi connectivity index (χ3v) is 5.56. The molecule has 0 atom stereocenters. The van der Waals surface area contributed by atoms with Gasteiger partial charge in [-0.3, -0.25) is 4.90 Å². The Morgan fingerprint density at radius 2 is 2.07 bits per heavy atom. The lowest BCUT2D eigenvalue weighted by Gasteiger charge is -2.19. The van der Waals surface area contributed by atoms with Crippen LogP contribution in [0.1, 0.15) is 17.0 Å². The summed E-state index contributed by atoms with van der Waals surface area (Å²) in [5.74, 6) is 2.33. The zero-order valence-corrected chi connectivity index (χ0v) is 16.9. The number of benzene rings is 1. The number of methoxy groups -OCH3 is 2. The van der Waals surface area contributed by atoms with Gasteiger partial charge in [0.05, 0.1) is 7.11 Å². The smallest absolute Gasteiger partial charge is 0.165 e. The molecule has 6 nitrogen and oxygen atoms in total. The summed E-state index contributed by atoms with van der Waals surface area (Å²) >= 11 is 1.72. The number of thiophene rings is 1. The predicted molar refractivity (Wildman–Crippen MR) is 109 cm³/mol. The van der Waals surface area contributed by atoms with Gasteiger partial charge in [-0.25, -0.2) is 9.97 Å². The fourth-order valence-electron chi connectivity index (χ4n) is 3.33. The number of nitrogens with zero attached hydrogens (tertiary/aromatic N) is 3. The maximum Gasteiger partial charge on any atom is 0.165 e. The molecule has 0 fully saturated rings. The number of aromatic nitrogens is 2. The molecule has 28 heavy (non-hydrogen) atoms. The highest BCUT2D eigenvalue weighted by Gasteiger charge is 2.21. The number of hydrogen-bond donors (Lipinski definition) is 0. The Morgan fingerprint density at radius 1 is 1.21 bits per heavy atom. The van der Waals surface area contributed by atoms with Crippen LogP contribution in [-0.2, 0) is 24.4 Å². The van der Waals surface area contributed by atoms with E-state index < -0.39 is 0 Å². The van der Waals surface area contributed by atoms with E-state index in [0.717, 1.165) is 47.8 Å². The van der Waals surface area contributed by atoms with E-state index in [0.29, 0.717) is 19.0 Å². The molecule has 0 unspecified atom stereocenters. The van der Waals surface area contributed by atoms with Gasteiger partial charge in [-0.15, -0.1) is 11.3 Å². The van der Waals surface area contributed by atoms with Crippen molar-refractivity contribution in [1.82, 2.24) is 14.9 Å². The average Bonchev–Trinajstić information content (AvgIpc) is 3.17. The van der Waals surface area contributed by atoms with E-state index in [-0.39, 0.29) is 0 Å². The molecule has 3 heterocycles. The summed E-state index contributed by atoms with van der Waals surface area (Å²) in [5.41, 5.74) is 3.37. The van der Waals surface area contributed by atoms with E-state index in [1.54, 1.807) is 25.6 Å². The van der Waals surface area contributed by atoms with Crippen LogP contribution in [-0.4, -0.2) is 42.2 Å². The summed E-state index contributed by atoms with van der Waals surface area (Å²) < 4.78 is 16.8. The molecule has 3 aromatic rings. The van der Waals surface area contributed by atoms with E-state index in [9.17, 15) is 0 Å². The molecule has 146 valence electrons. The Hall–Kier alpha value is -2.48. The molecular formula is C21H23N3O3S. The first kappa shape index (κ1) is 18.9. The van der Waals surface area contributed by atoms with Crippen molar-refractivity contribution in [3.8, 4) is 21.9 Å². The standard InChI is InChI=1S/C21H23N3O3S/c1-25-14-20-22-10-15(11-23-20)12-24-5-6-27-21-17(13-24)8-16(9-18(21)26-2)19-4-3-7-28-19/h3-4,7-11H,5-6,12-14H2,1-2H3. The van der Waals surface area contributed by atoms with Gasteiger partial charge in [-0.05, 0) is 29.1 Å². The van der Waals surface area contributed by atoms with E-state index >= 15 is 0 Å². The van der Waals surface area contributed by atoms with E-state index in [1.165, 1.54) is 4.88 Å². The van der Waals surface area contributed by atoms with Gasteiger partial charge in [-0.2, -0.15) is 0 Å². The van der Waals surface area contributed by atoms with Gasteiger partial charge in [0.2, 0.25) is 0 Å². The van der Waals surface area contributed by atoms with Crippen LogP contribution in [0, 0.1) is 0 Å². The summed E-state index contributed by atoms with van der Waals surface area (Å²) in [7, 11) is 3.34. The zero-order valence-electron chi connectivity index (χ0n) is 16.1. The van der Waals surface area contributed by atoms with Crippen LogP contribution in [0.4, 0.5) is 0 Å². The van der Waals surface area contributed by atoms with Crippen LogP contribution in [0.2, 0.25) is 0 Å². The first-order chi connectivity index (χ1) is 13.8. The Labute approximate surface area is 168 Å². The molecule has 1 aliphatic heterocycles. The van der Waals surface area contributed by atoms with E-state index in [2.05, 4.69) is 44.5 Å². The summed E-state index contributed by atoms with van der Waals surface area (Å²) in [5, 5.41) is 2.09. The van der Waals surface area contributed by atoms with Gasteiger partial charge in [-0.1, -0.05) is 6.07 Å². The van der Waals surface area contributed by atoms with Crippen LogP contribution in [0.15, 0.2) is 42.0 Å². The molecule has 4 rings (SSSR count). The lowest BCUT2D eigenvalue weighted by Crippen LogP contribution is -2.25. The van der Waals surface area contributed by atoms with Crippen molar-refractivity contribution in [2.75, 3.05) is 27.4 Å². The highest BCUT2D eigenvalue weighted by atomic mass is 32.1. The zero-order chi connectivity index (χ0) is 19.3. The van der Waals surface area contributed by atoms with Gasteiger partial charge in [0, 0.05) is 55.1 Å². The summed E-state index contributed by atoms with van der Waals surface area (Å²) in [6, 6.07) is 8.46. The van der Waals surface area contributed by atoms with E-state index in [4.69, 9.17) is 14.2 Å². The maximum atomic E-state index is 6.05. The molecule has 1 aliphatic rings. The molecule has 0 N–H and O–H groups in total. The second-order valence-electron chi connectivity index (χ2n) is 6.64. The van der Waals surface area contributed by atoms with Crippen molar-refractivity contribution in [2.45, 2.75) is 19.7 Å². The number of ether oxygens (including phenoxy) is 3. The Bertz CT molecular complexity index is 913. The fraction of sp³-hybridized carbons (Fsp3) is 0.333. The van der Waals surface area contributed by atoms with Gasteiger partial charge >= 0.3 is 0 Å². The molecule has 0 aliphatic carbocycles. The van der Waals surface area contributed by atoms with Gasteiger partial charge in [0.15, 0.2) is 17.3 Å². The SMILES string of the molecule is COCc1ncc(CN2CCOc3c(cc(-c4cccs4)cc3OC)C2)cn1. The minimum atomic E-state index is 0.427. The Morgan fingerprint density at radius 3 is 2.79 bits per heavy atom. The molecule has 7 heteroatoms. The number of fused-ring (bicyclic) bond motifs is 1. The molecule has 0 saturated carbocycles. The molecular weight excluding hydrogens is 374 g/mol. The minimum Gasteiger partial charge on any atom is -0.493 e. The van der Waals surface area contributed by atoms with Crippen LogP contribution >= 0.6 is 11.3 Å². The third kappa shape index (κ3) is 4.16. The second-order valence-corrected chi connectivity index (χ2v) is 7.59. The monoisotopic (exact) mass is 397 g/mol. The van der Waals surface area contributed by atoms with Gasteiger partial charge < -0.3 is 14.2 Å². The fourth-order valence-corrected chi connectivity index (χ4v) is 4.05. The van der Waals surface area contributed by atoms with Crippen molar-refractivity contribution in [3.05, 3.63) is 59.0 Å². The minimum absolute atomic E-state index is 0.427. The van der Waals surface area contributed by atoms with Gasteiger partial charge in [0.1, 0.15) is 13.2 Å². The maximum absolute atomic E-state index is 6.05. The predicted octanol–water partition coefficient (Wildman–Crippen LogP) is 3.75. The highest BCUT2D eigenvalue weighted by molar-refractivity contribution is 7.13. The normalized spacial score (nSPS) is 14.2. The molecule has 0 spiro atoms. The lowest BCUT2D eigenvalue weighted by molar-refractivity contribution is 0.177. The van der Waals surface area contributed by atoms with Crippen LogP contribution in [0.25, 0.3) is 10.4 Å². The molecule has 2 aromatic heterocycles. The first-order valence-corrected chi connectivity index (χ1v) is 10.0. The van der Waals surface area contributed by atoms with Crippen LogP contribution in [0.3, 0.4) is 0 Å². The molecule has 0 bridgehead atoms. The first-order valence-electron chi connectivity index (χ1n) is 9.15. The number of rotatable bonds is 6. The Balaban J connectivity index is 1.57. The molecule has 0 radical (unpaired) electrons. The van der Waals surface area contributed by atoms with Crippen LogP contribution in [0.5, 0.6) is 11.5 Å². The van der Waals surface area contributed by atoms with Crippen molar-refractivity contribution < 1.29 is 14.2 Å². The van der Waals surface area contributed by atoms with Crippen molar-refractivity contribution in [2.24, 2.45) is 0 Å². The topological polar surface area (TPSA) is 56.7 Å². The van der Waals surface area contributed by atoms with Gasteiger partial charge in [0.25, 0.3) is 0 Å². The third-order valence-electron chi connectivity index (χ3n) is 4.64. The molecule has 0 amide bonds. The van der Waals surface area contributed by atoms with Crippen molar-refractivity contribution >= 4 is 11.3 Å². The summed E-state index contributed by atoms with van der Waals surface area (Å²) in [4.78, 5) is 12.3. The second kappa shape index (κ2) is 8.68. The van der Waals surface area contributed by atoms with E-state index in [1.807, 2.05) is 12.4 Å². The summed E-state index contributed by atoms with van der Waals surface area (Å²) in [6.07, 6.45) is 3.74. The average molecular weight is 398 g/mol. The Kier molecular flexibility index (Phi) is 5.85.